The van der Waals surface area contributed by atoms with Crippen molar-refractivity contribution in [2.45, 2.75) is 152 Å². The fraction of sp³-hybridized carbons (Fsp3) is 0.488. The van der Waals surface area contributed by atoms with Gasteiger partial charge < -0.3 is 83.2 Å². The second-order valence-electron chi connectivity index (χ2n) is 28.1. The molecule has 0 aliphatic heterocycles. The van der Waals surface area contributed by atoms with Crippen LogP contribution in [-0.2, 0) is 109 Å². The molecule has 0 aliphatic rings. The van der Waals surface area contributed by atoms with Crippen molar-refractivity contribution in [3.8, 4) is 23.0 Å². The maximum atomic E-state index is 14.5. The van der Waals surface area contributed by atoms with Gasteiger partial charge in [0.2, 0.25) is 0 Å². The number of pyridine rings is 2. The lowest BCUT2D eigenvalue weighted by molar-refractivity contribution is -0.156. The first-order valence-electron chi connectivity index (χ1n) is 38.4. The van der Waals surface area contributed by atoms with Crippen LogP contribution in [0.15, 0.2) is 131 Å². The average Bonchev–Trinajstić information content (AvgIpc) is 0.825. The van der Waals surface area contributed by atoms with Crippen LogP contribution in [0.4, 0.5) is 20.4 Å². The largest absolute Gasteiger partial charge is 0.480 e. The third kappa shape index (κ3) is 46.8. The number of aromatic carboxylic acids is 1. The van der Waals surface area contributed by atoms with E-state index in [1.807, 2.05) is 41.5 Å². The van der Waals surface area contributed by atoms with Crippen LogP contribution in [0.3, 0.4) is 0 Å². The van der Waals surface area contributed by atoms with Gasteiger partial charge in [-0.25, -0.2) is 50.0 Å². The number of Topliss-reactive ketones (excluding diaryl/α,β-unsaturated/α-hetero) is 2. The first kappa shape index (κ1) is 101. The van der Waals surface area contributed by atoms with Crippen LogP contribution in [0.1, 0.15) is 150 Å². The summed E-state index contributed by atoms with van der Waals surface area (Å²) in [5.74, 6) is -3.50. The Bertz CT molecular complexity index is 4310. The lowest BCUT2D eigenvalue weighted by atomic mass is 10.1. The van der Waals surface area contributed by atoms with Crippen molar-refractivity contribution in [1.29, 1.82) is 0 Å². The van der Waals surface area contributed by atoms with Crippen molar-refractivity contribution in [1.82, 2.24) is 15.3 Å². The van der Waals surface area contributed by atoms with Crippen LogP contribution in [0.5, 0.6) is 23.0 Å². The highest BCUT2D eigenvalue weighted by atomic mass is 32.2. The standard InChI is InChI=1S/C41H54FN3O13S.C28H31FN2O7S.C13H25NO7/c1-41(2,3)58-39(49)10-6-4-5-8-30-26-34(14-17-36(30)42)57-33-12-15-35(16-13-33)59(51,52)45-37-18-11-31(27-44-37)40(50)43-19-21-54-23-24-55-28-32(46)9-7-20-53-22-25-56-29-38(47)48;1-28(2,3)38-26(32)8-6-4-5-7-19-17-22(12-15-24(19)29)37-21-10-13-23(14-11-21)39(35,36)31-25-16-9-20(18-30-25)27(33)34;14-3-5-19-7-8-20-10-12(15)2-1-4-18-6-9-21-11-13(16)17/h11-18,26-27H,4-10,19-25,28-29H2,1-3H3,(H,43,50)(H,44,45)(H,47,48);9-18H,4-8H2,1-3H3,(H,30,31)(H,33,34);1-11,14H2,(H,16,17). The van der Waals surface area contributed by atoms with Gasteiger partial charge in [0.05, 0.1) is 87.0 Å². The molecule has 0 unspecified atom stereocenters. The molecule has 0 fully saturated rings. The molecule has 6 rings (SSSR count). The summed E-state index contributed by atoms with van der Waals surface area (Å²) in [7, 11) is -8.01. The number of anilines is 2. The van der Waals surface area contributed by atoms with E-state index in [0.29, 0.717) is 151 Å². The topological polar surface area (TPSA) is 464 Å². The van der Waals surface area contributed by atoms with Gasteiger partial charge in [0.1, 0.15) is 83.9 Å². The van der Waals surface area contributed by atoms with Gasteiger partial charge in [0, 0.05) is 64.4 Å². The minimum absolute atomic E-state index is 0.000716. The number of aryl methyl sites for hydroxylation is 2. The number of amides is 1. The van der Waals surface area contributed by atoms with E-state index >= 15 is 0 Å². The van der Waals surface area contributed by atoms with Gasteiger partial charge in [0.25, 0.3) is 26.0 Å². The van der Waals surface area contributed by atoms with E-state index in [2.05, 4.69) is 24.7 Å². The Morgan fingerprint density at radius 1 is 0.412 bits per heavy atom. The van der Waals surface area contributed by atoms with Crippen LogP contribution in [0.2, 0.25) is 0 Å². The second kappa shape index (κ2) is 55.6. The Kier molecular flexibility index (Phi) is 47.4. The van der Waals surface area contributed by atoms with Gasteiger partial charge in [-0.15, -0.1) is 0 Å². The third-order valence-corrected chi connectivity index (χ3v) is 18.3. The van der Waals surface area contributed by atoms with Crippen molar-refractivity contribution < 1.29 is 136 Å². The summed E-state index contributed by atoms with van der Waals surface area (Å²) in [5.41, 5.74) is 5.29. The highest BCUT2D eigenvalue weighted by molar-refractivity contribution is 7.93. The SMILES string of the molecule is CC(C)(C)OC(=O)CCCCCc1cc(Oc2ccc(S(=O)(=O)Nc3ccc(C(=O)NCCOCCOCC(=O)CCCOCCOCC(=O)O)cn3)cc2)ccc1F.CC(C)(C)OC(=O)CCCCCc1cc(Oc2ccc(S(=O)(=O)Nc3ccc(C(=O)O)cn3)cc2)ccc1F.NCCOCCOCC(=O)CCCOCCOCC(=O)O. The average molecular weight is 1710 g/mol. The highest BCUT2D eigenvalue weighted by Gasteiger charge is 2.21. The number of ether oxygens (including phenoxy) is 12. The monoisotopic (exact) mass is 1710 g/mol. The van der Waals surface area contributed by atoms with Crippen LogP contribution in [-0.4, -0.2) is 219 Å². The van der Waals surface area contributed by atoms with E-state index in [-0.39, 0.29) is 147 Å². The first-order chi connectivity index (χ1) is 56.6. The molecular formula is C82H110F2N6O27S2. The Balaban J connectivity index is 0.000000423. The molecule has 0 saturated carbocycles. The smallest absolute Gasteiger partial charge is 0.337 e. The molecule has 1 amide bonds. The molecule has 0 aliphatic carbocycles. The molecule has 2 heterocycles. The second-order valence-corrected chi connectivity index (χ2v) is 31.5. The lowest BCUT2D eigenvalue weighted by Gasteiger charge is -2.19. The third-order valence-electron chi connectivity index (χ3n) is 15.5. The molecule has 6 aromatic rings. The zero-order valence-corrected chi connectivity index (χ0v) is 69.5. The number of hydrogen-bond acceptors (Lipinski definition) is 27. The number of aromatic nitrogens is 2. The Morgan fingerprint density at radius 3 is 1.15 bits per heavy atom. The predicted octanol–water partition coefficient (Wildman–Crippen LogP) is 10.9. The van der Waals surface area contributed by atoms with Crippen LogP contribution in [0.25, 0.3) is 0 Å². The Hall–Kier alpha value is -10.1. The van der Waals surface area contributed by atoms with E-state index < -0.39 is 55.1 Å². The maximum absolute atomic E-state index is 14.5. The summed E-state index contributed by atoms with van der Waals surface area (Å²) >= 11 is 0. The van der Waals surface area contributed by atoms with Gasteiger partial charge in [-0.2, -0.15) is 0 Å². The number of nitrogens with zero attached hydrogens (tertiary/aromatic N) is 2. The first-order valence-corrected chi connectivity index (χ1v) is 41.4. The summed E-state index contributed by atoms with van der Waals surface area (Å²) in [6.45, 7) is 14.5. The van der Waals surface area contributed by atoms with Crippen molar-refractivity contribution in [2.24, 2.45) is 5.73 Å². The number of aliphatic carboxylic acids is 2. The van der Waals surface area contributed by atoms with Crippen molar-refractivity contribution in [2.75, 3.05) is 128 Å². The van der Waals surface area contributed by atoms with Crippen molar-refractivity contribution in [3.05, 3.63) is 155 Å². The van der Waals surface area contributed by atoms with E-state index in [1.165, 1.54) is 103 Å². The minimum atomic E-state index is -4.04. The molecule has 8 N–H and O–H groups in total. The molecule has 33 nitrogen and oxygen atoms in total. The summed E-state index contributed by atoms with van der Waals surface area (Å²) in [4.78, 5) is 98.6. The fourth-order valence-electron chi connectivity index (χ4n) is 10.0. The zero-order valence-electron chi connectivity index (χ0n) is 67.9. The zero-order chi connectivity index (χ0) is 87.5. The molecule has 0 atom stereocenters. The Labute approximate surface area is 692 Å². The maximum Gasteiger partial charge on any atom is 0.337 e. The molecule has 2 aromatic heterocycles. The molecule has 656 valence electrons. The number of hydrogen-bond donors (Lipinski definition) is 7. The van der Waals surface area contributed by atoms with Gasteiger partial charge in [-0.1, -0.05) is 12.8 Å². The van der Waals surface area contributed by atoms with Crippen LogP contribution >= 0.6 is 0 Å². The number of carbonyl (C=O) groups is 8. The van der Waals surface area contributed by atoms with E-state index in [1.54, 1.807) is 12.1 Å². The number of nitrogens with one attached hydrogen (secondary N) is 3. The molecule has 37 heteroatoms. The molecule has 119 heavy (non-hydrogen) atoms. The van der Waals surface area contributed by atoms with Crippen molar-refractivity contribution in [3.63, 3.8) is 0 Å². The summed E-state index contributed by atoms with van der Waals surface area (Å²) < 4.78 is 148. The normalized spacial score (nSPS) is 11.4. The van der Waals surface area contributed by atoms with Crippen LogP contribution in [0, 0.1) is 11.6 Å². The molecular weight excluding hydrogens is 1600 g/mol. The van der Waals surface area contributed by atoms with E-state index in [0.717, 1.165) is 19.0 Å². The minimum Gasteiger partial charge on any atom is -0.480 e. The summed E-state index contributed by atoms with van der Waals surface area (Å²) in [6.07, 6.45) is 9.74. The summed E-state index contributed by atoms with van der Waals surface area (Å²) in [5, 5.41) is 28.4. The molecule has 0 saturated heterocycles. The van der Waals surface area contributed by atoms with Crippen molar-refractivity contribution >= 4 is 79.0 Å². The number of unbranched alkanes of at least 4 members (excludes halogenated alkanes) is 4. The predicted molar refractivity (Wildman–Crippen MR) is 431 cm³/mol. The highest BCUT2D eigenvalue weighted by Crippen LogP contribution is 2.29. The van der Waals surface area contributed by atoms with Gasteiger partial charge in [0.15, 0.2) is 11.6 Å². The lowest BCUT2D eigenvalue weighted by Crippen LogP contribution is -2.28. The van der Waals surface area contributed by atoms with Gasteiger partial charge in [-0.05, 0) is 213 Å². The summed E-state index contributed by atoms with van der Waals surface area (Å²) in [6, 6.07) is 25.4. The number of rotatable bonds is 57. The quantitative estimate of drug-likeness (QED) is 0.0138. The number of nitrogens with two attached hydrogens (primary N) is 1. The molecule has 0 bridgehead atoms. The van der Waals surface area contributed by atoms with Crippen LogP contribution < -0.4 is 30.0 Å². The van der Waals surface area contributed by atoms with Gasteiger partial charge in [-0.3, -0.25) is 33.4 Å². The van der Waals surface area contributed by atoms with E-state index in [9.17, 15) is 64.0 Å². The number of halogens is 2. The molecule has 0 spiro atoms. The number of esters is 2. The fourth-order valence-corrected chi connectivity index (χ4v) is 12.0. The number of carboxylic acid groups (broad SMARTS) is 3. The van der Waals surface area contributed by atoms with E-state index in [4.69, 9.17) is 77.9 Å². The number of benzene rings is 4. The Morgan fingerprint density at radius 2 is 0.782 bits per heavy atom. The number of carboxylic acids is 3. The number of ketones is 2. The number of sulfonamides is 2. The molecule has 4 aromatic carbocycles. The van der Waals surface area contributed by atoms with Gasteiger partial charge >= 0.3 is 29.8 Å². The molecule has 0 radical (unpaired) electrons. The number of carbonyl (C=O) groups excluding carboxylic acids is 5.